The average molecular weight is 339 g/mol. The van der Waals surface area contributed by atoms with Crippen LogP contribution in [0, 0.1) is 5.92 Å². The second-order valence-corrected chi connectivity index (χ2v) is 10.9. The second-order valence-electron chi connectivity index (χ2n) is 6.65. The van der Waals surface area contributed by atoms with Crippen molar-refractivity contribution in [1.29, 1.82) is 0 Å². The molecule has 3 atom stereocenters. The van der Waals surface area contributed by atoms with Crippen molar-refractivity contribution in [3.63, 3.8) is 0 Å². The number of aliphatic hydroxyl groups is 1. The van der Waals surface area contributed by atoms with Gasteiger partial charge in [-0.2, -0.15) is 0 Å². The molecule has 1 saturated carbocycles. The fraction of sp³-hybridized carbons (Fsp3) is 1.00. The Balaban J connectivity index is 2.10. The van der Waals surface area contributed by atoms with Crippen molar-refractivity contribution < 1.29 is 21.9 Å². The Morgan fingerprint density at radius 1 is 1.14 bits per heavy atom. The fourth-order valence-electron chi connectivity index (χ4n) is 3.86. The normalized spacial score (nSPS) is 36.0. The smallest absolute Gasteiger partial charge is 0.211 e. The number of sulfone groups is 1. The first kappa shape index (κ1) is 17.2. The lowest BCUT2D eigenvalue weighted by Gasteiger charge is -2.37. The van der Waals surface area contributed by atoms with Gasteiger partial charge in [-0.25, -0.2) is 21.1 Å². The summed E-state index contributed by atoms with van der Waals surface area (Å²) in [6.07, 6.45) is 6.03. The van der Waals surface area contributed by atoms with Crippen LogP contribution in [0.1, 0.15) is 38.5 Å². The predicted octanol–water partition coefficient (Wildman–Crippen LogP) is 0.376. The molecule has 0 radical (unpaired) electrons. The van der Waals surface area contributed by atoms with E-state index < -0.39 is 30.7 Å². The molecule has 2 aliphatic rings. The van der Waals surface area contributed by atoms with Crippen molar-refractivity contribution >= 4 is 19.9 Å². The highest BCUT2D eigenvalue weighted by Gasteiger charge is 2.48. The molecule has 0 amide bonds. The molecule has 1 aliphatic carbocycles. The SMILES string of the molecule is CS(=O)(=O)C1CCCC1(O)CC1CCCN(S(C)(=O)=O)C1. The first-order chi connectivity index (χ1) is 9.52. The Kier molecular flexibility index (Phi) is 4.74. The zero-order chi connectivity index (χ0) is 15.9. The van der Waals surface area contributed by atoms with E-state index in [4.69, 9.17) is 0 Å². The van der Waals surface area contributed by atoms with Crippen molar-refractivity contribution in [3.05, 3.63) is 0 Å². The third-order valence-corrected chi connectivity index (χ3v) is 7.76. The van der Waals surface area contributed by atoms with Crippen LogP contribution in [-0.4, -0.2) is 62.7 Å². The van der Waals surface area contributed by atoms with E-state index >= 15 is 0 Å². The molecule has 2 rings (SSSR count). The molecule has 3 unspecified atom stereocenters. The lowest BCUT2D eigenvalue weighted by Crippen LogP contribution is -2.47. The van der Waals surface area contributed by atoms with Crippen LogP contribution in [0.3, 0.4) is 0 Å². The molecule has 8 heteroatoms. The summed E-state index contributed by atoms with van der Waals surface area (Å²) in [5.41, 5.74) is -1.20. The number of sulfonamides is 1. The molecule has 1 heterocycles. The molecule has 1 saturated heterocycles. The molecule has 0 aromatic rings. The largest absolute Gasteiger partial charge is 0.389 e. The second kappa shape index (κ2) is 5.79. The maximum absolute atomic E-state index is 11.8. The highest BCUT2D eigenvalue weighted by atomic mass is 32.2. The van der Waals surface area contributed by atoms with Gasteiger partial charge in [0, 0.05) is 19.3 Å². The number of hydrogen-bond acceptors (Lipinski definition) is 5. The minimum absolute atomic E-state index is 0.0285. The Labute approximate surface area is 127 Å². The van der Waals surface area contributed by atoms with E-state index in [0.717, 1.165) is 12.8 Å². The first-order valence-corrected chi connectivity index (χ1v) is 11.2. The van der Waals surface area contributed by atoms with Gasteiger partial charge < -0.3 is 5.11 Å². The van der Waals surface area contributed by atoms with Crippen LogP contribution in [0.4, 0.5) is 0 Å². The van der Waals surface area contributed by atoms with Crippen LogP contribution in [0.5, 0.6) is 0 Å². The molecular weight excluding hydrogens is 314 g/mol. The van der Waals surface area contributed by atoms with Gasteiger partial charge in [0.25, 0.3) is 0 Å². The summed E-state index contributed by atoms with van der Waals surface area (Å²) in [5.74, 6) is 0.0285. The number of piperidine rings is 1. The average Bonchev–Trinajstić information content (AvgIpc) is 2.70. The topological polar surface area (TPSA) is 91.8 Å². The van der Waals surface area contributed by atoms with E-state index in [2.05, 4.69) is 0 Å². The van der Waals surface area contributed by atoms with Gasteiger partial charge in [-0.05, 0) is 44.4 Å². The molecule has 0 aromatic heterocycles. The Morgan fingerprint density at radius 3 is 2.38 bits per heavy atom. The van der Waals surface area contributed by atoms with Crippen LogP contribution in [0.2, 0.25) is 0 Å². The highest BCUT2D eigenvalue weighted by molar-refractivity contribution is 7.91. The summed E-state index contributed by atoms with van der Waals surface area (Å²) in [6, 6.07) is 0. The number of rotatable bonds is 4. The van der Waals surface area contributed by atoms with Gasteiger partial charge in [-0.15, -0.1) is 0 Å². The van der Waals surface area contributed by atoms with Gasteiger partial charge in [-0.3, -0.25) is 0 Å². The summed E-state index contributed by atoms with van der Waals surface area (Å²) in [4.78, 5) is 0. The van der Waals surface area contributed by atoms with E-state index in [1.807, 2.05) is 0 Å². The van der Waals surface area contributed by atoms with E-state index in [-0.39, 0.29) is 5.92 Å². The molecule has 0 aromatic carbocycles. The van der Waals surface area contributed by atoms with Gasteiger partial charge in [0.15, 0.2) is 9.84 Å². The van der Waals surface area contributed by atoms with Crippen LogP contribution in [-0.2, 0) is 19.9 Å². The van der Waals surface area contributed by atoms with E-state index in [0.29, 0.717) is 38.8 Å². The maximum atomic E-state index is 11.8. The molecule has 6 nitrogen and oxygen atoms in total. The number of nitrogens with zero attached hydrogens (tertiary/aromatic N) is 1. The van der Waals surface area contributed by atoms with Gasteiger partial charge in [0.1, 0.15) is 0 Å². The van der Waals surface area contributed by atoms with Gasteiger partial charge >= 0.3 is 0 Å². The third-order valence-electron chi connectivity index (χ3n) is 4.79. The van der Waals surface area contributed by atoms with E-state index in [9.17, 15) is 21.9 Å². The maximum Gasteiger partial charge on any atom is 0.211 e. The van der Waals surface area contributed by atoms with Crippen molar-refractivity contribution in [3.8, 4) is 0 Å². The van der Waals surface area contributed by atoms with E-state index in [1.165, 1.54) is 16.8 Å². The fourth-order valence-corrected chi connectivity index (χ4v) is 6.41. The summed E-state index contributed by atoms with van der Waals surface area (Å²) in [7, 11) is -6.51. The molecule has 0 spiro atoms. The van der Waals surface area contributed by atoms with Crippen molar-refractivity contribution in [2.75, 3.05) is 25.6 Å². The van der Waals surface area contributed by atoms with Gasteiger partial charge in [0.05, 0.1) is 17.1 Å². The Morgan fingerprint density at radius 2 is 1.81 bits per heavy atom. The summed E-state index contributed by atoms with van der Waals surface area (Å²) in [5, 5.41) is 10.1. The van der Waals surface area contributed by atoms with Crippen molar-refractivity contribution in [2.24, 2.45) is 5.92 Å². The molecule has 2 fully saturated rings. The lowest BCUT2D eigenvalue weighted by molar-refractivity contribution is 0.0170. The zero-order valence-electron chi connectivity index (χ0n) is 12.7. The lowest BCUT2D eigenvalue weighted by atomic mass is 9.85. The summed E-state index contributed by atoms with van der Waals surface area (Å²) >= 11 is 0. The number of hydrogen-bond donors (Lipinski definition) is 1. The molecule has 1 N–H and O–H groups in total. The molecular formula is C13H25NO5S2. The van der Waals surface area contributed by atoms with Gasteiger partial charge in [-0.1, -0.05) is 0 Å². The standard InChI is InChI=1S/C13H25NO5S2/c1-20(16,17)12-6-3-7-13(12,15)9-11-5-4-8-14(10-11)21(2,18)19/h11-12,15H,3-10H2,1-2H3. The third kappa shape index (κ3) is 3.97. The Bertz CT molecular complexity index is 586. The van der Waals surface area contributed by atoms with Crippen LogP contribution >= 0.6 is 0 Å². The summed E-state index contributed by atoms with van der Waals surface area (Å²) < 4.78 is 48.4. The van der Waals surface area contributed by atoms with E-state index in [1.54, 1.807) is 0 Å². The van der Waals surface area contributed by atoms with Gasteiger partial charge in [0.2, 0.25) is 10.0 Å². The van der Waals surface area contributed by atoms with Crippen LogP contribution in [0.15, 0.2) is 0 Å². The molecule has 124 valence electrons. The van der Waals surface area contributed by atoms with Crippen molar-refractivity contribution in [1.82, 2.24) is 4.31 Å². The Hall–Kier alpha value is -0.180. The monoisotopic (exact) mass is 339 g/mol. The van der Waals surface area contributed by atoms with Crippen LogP contribution in [0.25, 0.3) is 0 Å². The summed E-state index contributed by atoms with van der Waals surface area (Å²) in [6.45, 7) is 0.904. The highest BCUT2D eigenvalue weighted by Crippen LogP contribution is 2.40. The minimum atomic E-state index is -3.28. The van der Waals surface area contributed by atoms with Crippen molar-refractivity contribution in [2.45, 2.75) is 49.4 Å². The zero-order valence-corrected chi connectivity index (χ0v) is 14.3. The van der Waals surface area contributed by atoms with Crippen LogP contribution < -0.4 is 0 Å². The molecule has 1 aliphatic heterocycles. The minimum Gasteiger partial charge on any atom is -0.389 e. The molecule has 0 bridgehead atoms. The first-order valence-electron chi connectivity index (χ1n) is 7.39. The predicted molar refractivity (Wildman–Crippen MR) is 81.2 cm³/mol. The molecule has 21 heavy (non-hydrogen) atoms. The quantitative estimate of drug-likeness (QED) is 0.799.